The third-order valence-electron chi connectivity index (χ3n) is 6.02. The van der Waals surface area contributed by atoms with Gasteiger partial charge in [-0.2, -0.15) is 0 Å². The largest absolute Gasteiger partial charge is 0.380 e. The fraction of sp³-hybridized carbons (Fsp3) is 0.375. The Balaban J connectivity index is 1.31. The van der Waals surface area contributed by atoms with Gasteiger partial charge < -0.3 is 20.4 Å². The smallest absolute Gasteiger partial charge is 0.254 e. The third-order valence-corrected chi connectivity index (χ3v) is 7.74. The summed E-state index contributed by atoms with van der Waals surface area (Å²) in [6, 6.07) is 15.0. The maximum atomic E-state index is 12.7. The third kappa shape index (κ3) is 5.43. The van der Waals surface area contributed by atoms with Crippen LogP contribution in [-0.4, -0.2) is 57.2 Å². The van der Waals surface area contributed by atoms with Crippen LogP contribution in [-0.2, 0) is 9.59 Å². The zero-order valence-corrected chi connectivity index (χ0v) is 20.6. The van der Waals surface area contributed by atoms with E-state index in [0.29, 0.717) is 13.1 Å². The lowest BCUT2D eigenvalue weighted by Gasteiger charge is -2.33. The van der Waals surface area contributed by atoms with Crippen molar-refractivity contribution in [1.29, 1.82) is 0 Å². The van der Waals surface area contributed by atoms with Crippen LogP contribution >= 0.6 is 27.3 Å². The Bertz CT molecular complexity index is 1100. The van der Waals surface area contributed by atoms with Gasteiger partial charge in [-0.05, 0) is 49.6 Å². The predicted octanol–water partition coefficient (Wildman–Crippen LogP) is 3.36. The van der Waals surface area contributed by atoms with E-state index in [4.69, 9.17) is 4.98 Å². The SMILES string of the molecule is C[C@H](NC(=O)[C@H](O)[C@@H](O)C(=O)N1CCC(c2nc3ccccc3s2)CC1)c1ccc(Br)cc1. The monoisotopic (exact) mass is 531 g/mol. The molecule has 0 unspecified atom stereocenters. The summed E-state index contributed by atoms with van der Waals surface area (Å²) >= 11 is 5.03. The molecule has 1 fully saturated rings. The zero-order valence-electron chi connectivity index (χ0n) is 18.1. The topological polar surface area (TPSA) is 103 Å². The molecule has 0 radical (unpaired) electrons. The van der Waals surface area contributed by atoms with Gasteiger partial charge in [0.1, 0.15) is 0 Å². The maximum Gasteiger partial charge on any atom is 0.254 e. The van der Waals surface area contributed by atoms with Crippen molar-refractivity contribution in [2.45, 2.75) is 43.9 Å². The molecule has 1 aliphatic heterocycles. The van der Waals surface area contributed by atoms with E-state index in [0.717, 1.165) is 38.1 Å². The van der Waals surface area contributed by atoms with Crippen molar-refractivity contribution < 1.29 is 19.8 Å². The van der Waals surface area contributed by atoms with Gasteiger partial charge in [0, 0.05) is 23.5 Å². The van der Waals surface area contributed by atoms with Gasteiger partial charge in [-0.25, -0.2) is 4.98 Å². The summed E-state index contributed by atoms with van der Waals surface area (Å²) in [5, 5.41) is 24.4. The number of fused-ring (bicyclic) bond motifs is 1. The lowest BCUT2D eigenvalue weighted by atomic mass is 9.96. The minimum Gasteiger partial charge on any atom is -0.380 e. The number of aliphatic hydroxyl groups is 2. The summed E-state index contributed by atoms with van der Waals surface area (Å²) in [5.41, 5.74) is 1.83. The van der Waals surface area contributed by atoms with E-state index in [1.807, 2.05) is 42.5 Å². The number of likely N-dealkylation sites (tertiary alicyclic amines) is 1. The number of halogens is 1. The molecule has 0 aliphatic carbocycles. The van der Waals surface area contributed by atoms with Gasteiger partial charge >= 0.3 is 0 Å². The summed E-state index contributed by atoms with van der Waals surface area (Å²) < 4.78 is 2.06. The summed E-state index contributed by atoms with van der Waals surface area (Å²) in [4.78, 5) is 31.4. The molecule has 2 aromatic carbocycles. The molecule has 1 aromatic heterocycles. The first-order chi connectivity index (χ1) is 15.8. The normalized spacial score (nSPS) is 17.5. The van der Waals surface area contributed by atoms with Crippen molar-refractivity contribution in [2.24, 2.45) is 0 Å². The molecule has 3 N–H and O–H groups in total. The number of nitrogens with zero attached hydrogens (tertiary/aromatic N) is 2. The van der Waals surface area contributed by atoms with Crippen LogP contribution in [0.1, 0.15) is 42.3 Å². The zero-order chi connectivity index (χ0) is 23.5. The molecule has 0 bridgehead atoms. The minimum atomic E-state index is -1.84. The number of thiazole rings is 1. The van der Waals surface area contributed by atoms with Crippen molar-refractivity contribution in [3.63, 3.8) is 0 Å². The van der Waals surface area contributed by atoms with Gasteiger partial charge in [0.2, 0.25) is 0 Å². The quantitative estimate of drug-likeness (QED) is 0.452. The lowest BCUT2D eigenvalue weighted by Crippen LogP contribution is -2.52. The van der Waals surface area contributed by atoms with Crippen molar-refractivity contribution in [2.75, 3.05) is 13.1 Å². The molecular weight excluding hydrogens is 506 g/mol. The Morgan fingerprint density at radius 2 is 1.76 bits per heavy atom. The molecule has 1 saturated heterocycles. The van der Waals surface area contributed by atoms with Crippen molar-refractivity contribution in [3.05, 3.63) is 63.6 Å². The molecule has 4 rings (SSSR count). The highest BCUT2D eigenvalue weighted by Gasteiger charge is 2.36. The number of aromatic nitrogens is 1. The van der Waals surface area contributed by atoms with Crippen LogP contribution in [0.4, 0.5) is 0 Å². The highest BCUT2D eigenvalue weighted by Crippen LogP contribution is 2.34. The fourth-order valence-corrected chi connectivity index (χ4v) is 5.41. The Morgan fingerprint density at radius 1 is 1.09 bits per heavy atom. The number of amides is 2. The van der Waals surface area contributed by atoms with Crippen LogP contribution in [0.25, 0.3) is 10.2 Å². The lowest BCUT2D eigenvalue weighted by molar-refractivity contribution is -0.154. The second kappa shape index (κ2) is 10.3. The van der Waals surface area contributed by atoms with E-state index in [1.54, 1.807) is 18.3 Å². The number of hydrogen-bond acceptors (Lipinski definition) is 6. The number of benzene rings is 2. The van der Waals surface area contributed by atoms with Crippen LogP contribution in [0.3, 0.4) is 0 Å². The molecule has 3 atom stereocenters. The van der Waals surface area contributed by atoms with Gasteiger partial charge in [0.15, 0.2) is 12.2 Å². The maximum absolute atomic E-state index is 12.7. The molecule has 2 amide bonds. The number of carbonyl (C=O) groups excluding carboxylic acids is 2. The summed E-state index contributed by atoms with van der Waals surface area (Å²) in [6.45, 7) is 2.66. The van der Waals surface area contributed by atoms with E-state index in [1.165, 1.54) is 4.90 Å². The first-order valence-electron chi connectivity index (χ1n) is 10.9. The van der Waals surface area contributed by atoms with Gasteiger partial charge in [0.05, 0.1) is 21.3 Å². The second-order valence-electron chi connectivity index (χ2n) is 8.29. The Hall–Kier alpha value is -2.33. The van der Waals surface area contributed by atoms with E-state index in [9.17, 15) is 19.8 Å². The van der Waals surface area contributed by atoms with Gasteiger partial charge in [-0.15, -0.1) is 11.3 Å². The van der Waals surface area contributed by atoms with Crippen LogP contribution < -0.4 is 5.32 Å². The average molecular weight is 532 g/mol. The summed E-state index contributed by atoms with van der Waals surface area (Å²) in [7, 11) is 0. The van der Waals surface area contributed by atoms with E-state index in [-0.39, 0.29) is 12.0 Å². The molecule has 1 aliphatic rings. The Labute approximate surface area is 204 Å². The molecule has 33 heavy (non-hydrogen) atoms. The number of para-hydroxylation sites is 1. The number of rotatable bonds is 6. The molecule has 0 spiro atoms. The number of aliphatic hydroxyl groups excluding tert-OH is 2. The highest BCUT2D eigenvalue weighted by atomic mass is 79.9. The van der Waals surface area contributed by atoms with Crippen molar-refractivity contribution in [1.82, 2.24) is 15.2 Å². The van der Waals surface area contributed by atoms with E-state index >= 15 is 0 Å². The fourth-order valence-electron chi connectivity index (χ4n) is 4.01. The van der Waals surface area contributed by atoms with Crippen molar-refractivity contribution in [3.8, 4) is 0 Å². The van der Waals surface area contributed by atoms with E-state index < -0.39 is 24.0 Å². The summed E-state index contributed by atoms with van der Waals surface area (Å²) in [6.07, 6.45) is -2.19. The molecule has 9 heteroatoms. The van der Waals surface area contributed by atoms with Gasteiger partial charge in [-0.3, -0.25) is 9.59 Å². The van der Waals surface area contributed by atoms with Gasteiger partial charge in [0.25, 0.3) is 11.8 Å². The Morgan fingerprint density at radius 3 is 2.42 bits per heavy atom. The summed E-state index contributed by atoms with van der Waals surface area (Å²) in [5.74, 6) is -1.16. The number of nitrogens with one attached hydrogen (secondary N) is 1. The number of hydrogen-bond donors (Lipinski definition) is 3. The van der Waals surface area contributed by atoms with Gasteiger partial charge in [-0.1, -0.05) is 40.2 Å². The molecule has 2 heterocycles. The first kappa shape index (κ1) is 23.8. The number of piperidine rings is 1. The predicted molar refractivity (Wildman–Crippen MR) is 131 cm³/mol. The Kier molecular flexibility index (Phi) is 7.43. The molecule has 3 aromatic rings. The van der Waals surface area contributed by atoms with Crippen LogP contribution in [0.5, 0.6) is 0 Å². The minimum absolute atomic E-state index is 0.253. The van der Waals surface area contributed by atoms with E-state index in [2.05, 4.69) is 27.3 Å². The van der Waals surface area contributed by atoms with Crippen LogP contribution in [0.15, 0.2) is 53.0 Å². The van der Waals surface area contributed by atoms with Crippen molar-refractivity contribution >= 4 is 49.3 Å². The first-order valence-corrected chi connectivity index (χ1v) is 12.5. The average Bonchev–Trinajstić information content (AvgIpc) is 3.27. The molecule has 7 nitrogen and oxygen atoms in total. The molecular formula is C24H26BrN3O4S. The number of carbonyl (C=O) groups is 2. The second-order valence-corrected chi connectivity index (χ2v) is 10.3. The standard InChI is InChI=1S/C24H26BrN3O4S/c1-14(15-6-8-17(25)9-7-15)26-22(31)20(29)21(30)24(32)28-12-10-16(11-13-28)23-27-18-4-2-3-5-19(18)33-23/h2-9,14,16,20-21,29-30H,10-13H2,1H3,(H,26,31)/t14-,20+,21+/m0/s1. The molecule has 174 valence electrons. The van der Waals surface area contributed by atoms with Crippen LogP contribution in [0, 0.1) is 0 Å². The molecule has 0 saturated carbocycles. The van der Waals surface area contributed by atoms with Crippen LogP contribution in [0.2, 0.25) is 0 Å². The highest BCUT2D eigenvalue weighted by molar-refractivity contribution is 9.10.